The third kappa shape index (κ3) is 2.69. The monoisotopic (exact) mass is 289 g/mol. The van der Waals surface area contributed by atoms with Crippen LogP contribution in [0.5, 0.6) is 0 Å². The summed E-state index contributed by atoms with van der Waals surface area (Å²) < 4.78 is 0. The first-order valence-corrected chi connectivity index (χ1v) is 6.77. The highest BCUT2D eigenvalue weighted by atomic mass is 35.5. The smallest absolute Gasteiger partial charge is 0.211 e. The van der Waals surface area contributed by atoms with E-state index in [9.17, 15) is 9.90 Å². The SMILES string of the molecule is CCC(O)(c1ccccc1)c1cc(Cl)ccc1NC=O. The van der Waals surface area contributed by atoms with Gasteiger partial charge >= 0.3 is 0 Å². The topological polar surface area (TPSA) is 49.3 Å². The molecule has 104 valence electrons. The molecule has 0 saturated heterocycles. The van der Waals surface area contributed by atoms with Gasteiger partial charge in [0.25, 0.3) is 0 Å². The van der Waals surface area contributed by atoms with Crippen molar-refractivity contribution in [2.24, 2.45) is 0 Å². The van der Waals surface area contributed by atoms with Crippen molar-refractivity contribution in [3.05, 3.63) is 64.7 Å². The average Bonchev–Trinajstić information content (AvgIpc) is 2.49. The molecule has 2 rings (SSSR count). The van der Waals surface area contributed by atoms with Gasteiger partial charge < -0.3 is 10.4 Å². The van der Waals surface area contributed by atoms with Gasteiger partial charge in [0.2, 0.25) is 6.41 Å². The second-order valence-electron chi connectivity index (χ2n) is 4.53. The van der Waals surface area contributed by atoms with Gasteiger partial charge in [-0.15, -0.1) is 0 Å². The second kappa shape index (κ2) is 6.07. The maximum absolute atomic E-state index is 11.1. The molecule has 2 aromatic rings. The number of benzene rings is 2. The molecule has 1 amide bonds. The molecular weight excluding hydrogens is 274 g/mol. The van der Waals surface area contributed by atoms with Crippen molar-refractivity contribution >= 4 is 23.7 Å². The van der Waals surface area contributed by atoms with E-state index in [1.165, 1.54) is 0 Å². The first-order valence-electron chi connectivity index (χ1n) is 6.40. The second-order valence-corrected chi connectivity index (χ2v) is 4.97. The Kier molecular flexibility index (Phi) is 4.42. The third-order valence-corrected chi connectivity index (χ3v) is 3.64. The molecule has 0 saturated carbocycles. The largest absolute Gasteiger partial charge is 0.380 e. The zero-order chi connectivity index (χ0) is 14.6. The van der Waals surface area contributed by atoms with Crippen molar-refractivity contribution in [1.29, 1.82) is 0 Å². The summed E-state index contributed by atoms with van der Waals surface area (Å²) in [6.07, 6.45) is 1.05. The molecule has 0 radical (unpaired) electrons. The molecule has 0 aromatic heterocycles. The lowest BCUT2D eigenvalue weighted by Crippen LogP contribution is -2.27. The molecule has 0 aliphatic rings. The van der Waals surface area contributed by atoms with Gasteiger partial charge in [0.1, 0.15) is 5.60 Å². The summed E-state index contributed by atoms with van der Waals surface area (Å²) in [5, 5.41) is 14.2. The lowest BCUT2D eigenvalue weighted by Gasteiger charge is -2.30. The Morgan fingerprint density at radius 3 is 2.55 bits per heavy atom. The summed E-state index contributed by atoms with van der Waals surface area (Å²) in [5.41, 5.74) is 0.708. The third-order valence-electron chi connectivity index (χ3n) is 3.40. The Morgan fingerprint density at radius 2 is 1.95 bits per heavy atom. The number of hydrogen-bond acceptors (Lipinski definition) is 2. The van der Waals surface area contributed by atoms with Gasteiger partial charge in [-0.1, -0.05) is 48.9 Å². The molecule has 0 spiro atoms. The van der Waals surface area contributed by atoms with Gasteiger partial charge in [-0.2, -0.15) is 0 Å². The summed E-state index contributed by atoms with van der Waals surface area (Å²) in [6.45, 7) is 1.89. The number of carbonyl (C=O) groups is 1. The van der Waals surface area contributed by atoms with Crippen molar-refractivity contribution < 1.29 is 9.90 Å². The van der Waals surface area contributed by atoms with E-state index in [1.807, 2.05) is 37.3 Å². The molecule has 0 aliphatic carbocycles. The Hall–Kier alpha value is -1.84. The van der Waals surface area contributed by atoms with Gasteiger partial charge in [-0.05, 0) is 30.2 Å². The molecular formula is C16H16ClNO2. The maximum atomic E-state index is 11.1. The Labute approximate surface area is 123 Å². The minimum absolute atomic E-state index is 0.463. The Balaban J connectivity index is 2.61. The fraction of sp³-hybridized carbons (Fsp3) is 0.188. The number of nitrogens with one attached hydrogen (secondary N) is 1. The minimum Gasteiger partial charge on any atom is -0.380 e. The Bertz CT molecular complexity index is 601. The first kappa shape index (κ1) is 14.6. The molecule has 4 heteroatoms. The number of halogens is 1. The fourth-order valence-electron chi connectivity index (χ4n) is 2.31. The van der Waals surface area contributed by atoms with E-state index in [2.05, 4.69) is 5.32 Å². The highest BCUT2D eigenvalue weighted by molar-refractivity contribution is 6.30. The van der Waals surface area contributed by atoms with E-state index in [0.29, 0.717) is 29.1 Å². The van der Waals surface area contributed by atoms with Crippen LogP contribution in [0.4, 0.5) is 5.69 Å². The number of aliphatic hydroxyl groups is 1. The van der Waals surface area contributed by atoms with Crippen LogP contribution in [-0.2, 0) is 10.4 Å². The molecule has 0 bridgehead atoms. The van der Waals surface area contributed by atoms with Crippen molar-refractivity contribution in [3.63, 3.8) is 0 Å². The van der Waals surface area contributed by atoms with Crippen LogP contribution in [0.1, 0.15) is 24.5 Å². The summed E-state index contributed by atoms with van der Waals surface area (Å²) in [7, 11) is 0. The summed E-state index contributed by atoms with van der Waals surface area (Å²) >= 11 is 6.04. The standard InChI is InChI=1S/C16H16ClNO2/c1-2-16(20,12-6-4-3-5-7-12)14-10-13(17)8-9-15(14)18-11-19/h3-11,20H,2H2,1H3,(H,18,19). The van der Waals surface area contributed by atoms with Gasteiger partial charge in [-0.3, -0.25) is 4.79 Å². The zero-order valence-electron chi connectivity index (χ0n) is 11.1. The van der Waals surface area contributed by atoms with E-state index in [1.54, 1.807) is 18.2 Å². The van der Waals surface area contributed by atoms with Crippen LogP contribution in [-0.4, -0.2) is 11.5 Å². The van der Waals surface area contributed by atoms with Gasteiger partial charge in [0.05, 0.1) is 0 Å². The number of anilines is 1. The number of carbonyl (C=O) groups excluding carboxylic acids is 1. The summed E-state index contributed by atoms with van der Waals surface area (Å²) in [4.78, 5) is 10.7. The molecule has 2 N–H and O–H groups in total. The van der Waals surface area contributed by atoms with Crippen LogP contribution in [0.25, 0.3) is 0 Å². The lowest BCUT2D eigenvalue weighted by atomic mass is 9.83. The molecule has 2 aromatic carbocycles. The lowest BCUT2D eigenvalue weighted by molar-refractivity contribution is -0.105. The fourth-order valence-corrected chi connectivity index (χ4v) is 2.48. The van der Waals surface area contributed by atoms with Crippen LogP contribution in [0.3, 0.4) is 0 Å². The molecule has 0 fully saturated rings. The molecule has 1 atom stereocenters. The Morgan fingerprint density at radius 1 is 1.25 bits per heavy atom. The molecule has 0 heterocycles. The molecule has 0 aliphatic heterocycles. The predicted octanol–water partition coefficient (Wildman–Crippen LogP) is 3.55. The van der Waals surface area contributed by atoms with Crippen LogP contribution in [0, 0.1) is 0 Å². The number of hydrogen-bond donors (Lipinski definition) is 2. The van der Waals surface area contributed by atoms with Crippen molar-refractivity contribution in [1.82, 2.24) is 0 Å². The summed E-state index contributed by atoms with van der Waals surface area (Å²) in [5.74, 6) is 0. The van der Waals surface area contributed by atoms with E-state index in [4.69, 9.17) is 11.6 Å². The highest BCUT2D eigenvalue weighted by Crippen LogP contribution is 2.38. The first-order chi connectivity index (χ1) is 9.61. The number of rotatable bonds is 5. The van der Waals surface area contributed by atoms with E-state index < -0.39 is 5.60 Å². The predicted molar refractivity (Wildman–Crippen MR) is 80.9 cm³/mol. The van der Waals surface area contributed by atoms with Crippen LogP contribution in [0.2, 0.25) is 5.02 Å². The number of amides is 1. The van der Waals surface area contributed by atoms with Crippen molar-refractivity contribution in [2.75, 3.05) is 5.32 Å². The molecule has 1 unspecified atom stereocenters. The van der Waals surface area contributed by atoms with Crippen molar-refractivity contribution in [2.45, 2.75) is 18.9 Å². The minimum atomic E-state index is -1.20. The van der Waals surface area contributed by atoms with E-state index in [0.717, 1.165) is 5.56 Å². The van der Waals surface area contributed by atoms with Gasteiger partial charge in [-0.25, -0.2) is 0 Å². The van der Waals surface area contributed by atoms with Gasteiger partial charge in [0, 0.05) is 16.3 Å². The maximum Gasteiger partial charge on any atom is 0.211 e. The van der Waals surface area contributed by atoms with E-state index >= 15 is 0 Å². The van der Waals surface area contributed by atoms with Gasteiger partial charge in [0.15, 0.2) is 0 Å². The van der Waals surface area contributed by atoms with Crippen LogP contribution >= 0.6 is 11.6 Å². The normalized spacial score (nSPS) is 13.6. The van der Waals surface area contributed by atoms with Crippen molar-refractivity contribution in [3.8, 4) is 0 Å². The molecule has 20 heavy (non-hydrogen) atoms. The van der Waals surface area contributed by atoms with Crippen LogP contribution in [0.15, 0.2) is 48.5 Å². The van der Waals surface area contributed by atoms with Crippen LogP contribution < -0.4 is 5.32 Å². The quantitative estimate of drug-likeness (QED) is 0.827. The average molecular weight is 290 g/mol. The molecule has 3 nitrogen and oxygen atoms in total. The summed E-state index contributed by atoms with van der Waals surface area (Å²) in [6, 6.07) is 14.4. The highest BCUT2D eigenvalue weighted by Gasteiger charge is 2.32. The zero-order valence-corrected chi connectivity index (χ0v) is 11.9. The van der Waals surface area contributed by atoms with E-state index in [-0.39, 0.29) is 0 Å².